The van der Waals surface area contributed by atoms with Crippen LogP contribution in [0.5, 0.6) is 0 Å². The van der Waals surface area contributed by atoms with E-state index in [-0.39, 0.29) is 5.95 Å². The number of hydrogen-bond acceptors (Lipinski definition) is 7. The van der Waals surface area contributed by atoms with E-state index in [9.17, 15) is 5.11 Å². The van der Waals surface area contributed by atoms with Crippen LogP contribution in [0.3, 0.4) is 0 Å². The Bertz CT molecular complexity index is 1280. The third-order valence-corrected chi connectivity index (χ3v) is 4.70. The molecule has 0 saturated carbocycles. The Hall–Kier alpha value is -4.11. The van der Waals surface area contributed by atoms with E-state index in [1.54, 1.807) is 49.2 Å². The zero-order valence-electron chi connectivity index (χ0n) is 17.1. The molecule has 156 valence electrons. The van der Waals surface area contributed by atoms with Crippen LogP contribution in [0.25, 0.3) is 33.4 Å². The highest BCUT2D eigenvalue weighted by Crippen LogP contribution is 2.31. The van der Waals surface area contributed by atoms with Crippen LogP contribution in [0.4, 0.5) is 5.95 Å². The number of fused-ring (bicyclic) bond motifs is 1. The normalized spacial score (nSPS) is 11.7. The molecule has 5 aromatic heterocycles. The Kier molecular flexibility index (Phi) is 5.67. The molecule has 5 heterocycles. The van der Waals surface area contributed by atoms with Crippen molar-refractivity contribution in [2.75, 3.05) is 5.73 Å². The summed E-state index contributed by atoms with van der Waals surface area (Å²) in [6.07, 6.45) is 9.44. The molecule has 0 aliphatic rings. The fraction of sp³-hybridized carbons (Fsp3) is 0.136. The average Bonchev–Trinajstić information content (AvgIpc) is 3.50. The van der Waals surface area contributed by atoms with E-state index >= 15 is 0 Å². The standard InChI is InChI=1S/C20H16N8O.C2H6/c21-20-27-16(6-17(28-20)18(29)11-1-3-22-4-2-11)15-10-24-19-14(15)5-12(7-23-19)13-8-25-26-9-13;1-2/h1-10,18,29H,(H,23,24)(H,25,26)(H2,21,27,28);1-2H3. The van der Waals surface area contributed by atoms with Crippen LogP contribution >= 0.6 is 0 Å². The zero-order valence-corrected chi connectivity index (χ0v) is 17.1. The van der Waals surface area contributed by atoms with E-state index in [1.807, 2.05) is 26.1 Å². The monoisotopic (exact) mass is 414 g/mol. The Morgan fingerprint density at radius 2 is 1.81 bits per heavy atom. The van der Waals surface area contributed by atoms with Gasteiger partial charge in [0.2, 0.25) is 5.95 Å². The molecule has 0 saturated heterocycles. The molecule has 9 nitrogen and oxygen atoms in total. The Morgan fingerprint density at radius 1 is 1.00 bits per heavy atom. The molecule has 31 heavy (non-hydrogen) atoms. The lowest BCUT2D eigenvalue weighted by Crippen LogP contribution is -2.07. The minimum Gasteiger partial charge on any atom is -0.382 e. The maximum atomic E-state index is 10.7. The highest BCUT2D eigenvalue weighted by molar-refractivity contribution is 5.95. The van der Waals surface area contributed by atoms with Crippen molar-refractivity contribution in [1.82, 2.24) is 35.1 Å². The first-order valence-corrected chi connectivity index (χ1v) is 9.88. The first kappa shape index (κ1) is 20.2. The SMILES string of the molecule is CC.Nc1nc(-c2c[nH]c3ncc(-c4cn[nH]c4)cc23)cc(C(O)c2ccncc2)n1. The smallest absolute Gasteiger partial charge is 0.220 e. The van der Waals surface area contributed by atoms with Gasteiger partial charge in [0.1, 0.15) is 11.8 Å². The quantitative estimate of drug-likeness (QED) is 0.352. The number of H-pyrrole nitrogens is 2. The van der Waals surface area contributed by atoms with E-state index < -0.39 is 6.10 Å². The summed E-state index contributed by atoms with van der Waals surface area (Å²) in [6.45, 7) is 4.00. The van der Waals surface area contributed by atoms with Gasteiger partial charge >= 0.3 is 0 Å². The number of anilines is 1. The molecule has 0 bridgehead atoms. The first-order valence-electron chi connectivity index (χ1n) is 9.88. The minimum atomic E-state index is -0.938. The van der Waals surface area contributed by atoms with Gasteiger partial charge in [0.15, 0.2) is 0 Å². The number of nitrogens with one attached hydrogen (secondary N) is 2. The van der Waals surface area contributed by atoms with Crippen LogP contribution in [0.1, 0.15) is 31.2 Å². The number of aromatic amines is 2. The van der Waals surface area contributed by atoms with Gasteiger partial charge in [-0.25, -0.2) is 15.0 Å². The highest BCUT2D eigenvalue weighted by Gasteiger charge is 2.17. The summed E-state index contributed by atoms with van der Waals surface area (Å²) in [4.78, 5) is 20.2. The van der Waals surface area contributed by atoms with Crippen molar-refractivity contribution in [3.05, 3.63) is 72.7 Å². The Balaban J connectivity index is 0.00000112. The molecule has 5 aromatic rings. The van der Waals surface area contributed by atoms with E-state index in [1.165, 1.54) is 0 Å². The van der Waals surface area contributed by atoms with Gasteiger partial charge in [-0.3, -0.25) is 10.1 Å². The van der Waals surface area contributed by atoms with Crippen molar-refractivity contribution in [2.45, 2.75) is 20.0 Å². The summed E-state index contributed by atoms with van der Waals surface area (Å²) in [5.74, 6) is 0.0823. The highest BCUT2D eigenvalue weighted by atomic mass is 16.3. The summed E-state index contributed by atoms with van der Waals surface area (Å²) in [5, 5.41) is 18.4. The van der Waals surface area contributed by atoms with E-state index in [0.717, 1.165) is 27.7 Å². The van der Waals surface area contributed by atoms with Crippen molar-refractivity contribution in [1.29, 1.82) is 0 Å². The molecule has 0 aromatic carbocycles. The van der Waals surface area contributed by atoms with Gasteiger partial charge in [-0.05, 0) is 29.8 Å². The largest absolute Gasteiger partial charge is 0.382 e. The topological polar surface area (TPSA) is 142 Å². The third-order valence-electron chi connectivity index (χ3n) is 4.70. The van der Waals surface area contributed by atoms with Crippen LogP contribution in [0.15, 0.2) is 61.4 Å². The van der Waals surface area contributed by atoms with Crippen LogP contribution in [-0.2, 0) is 0 Å². The minimum absolute atomic E-state index is 0.0823. The average molecular weight is 414 g/mol. The van der Waals surface area contributed by atoms with Gasteiger partial charge in [-0.2, -0.15) is 5.10 Å². The zero-order chi connectivity index (χ0) is 21.8. The van der Waals surface area contributed by atoms with Gasteiger partial charge in [0.05, 0.1) is 17.6 Å². The number of rotatable bonds is 4. The lowest BCUT2D eigenvalue weighted by atomic mass is 10.0. The van der Waals surface area contributed by atoms with Crippen LogP contribution in [0, 0.1) is 0 Å². The van der Waals surface area contributed by atoms with Crippen molar-refractivity contribution in [3.8, 4) is 22.4 Å². The molecule has 1 atom stereocenters. The van der Waals surface area contributed by atoms with Crippen molar-refractivity contribution < 1.29 is 5.11 Å². The van der Waals surface area contributed by atoms with Crippen molar-refractivity contribution in [2.24, 2.45) is 0 Å². The Labute approximate surface area is 178 Å². The second-order valence-corrected chi connectivity index (χ2v) is 6.53. The lowest BCUT2D eigenvalue weighted by molar-refractivity contribution is 0.215. The van der Waals surface area contributed by atoms with Gasteiger partial charge < -0.3 is 15.8 Å². The predicted molar refractivity (Wildman–Crippen MR) is 119 cm³/mol. The fourth-order valence-electron chi connectivity index (χ4n) is 3.26. The second-order valence-electron chi connectivity index (χ2n) is 6.53. The molecule has 5 rings (SSSR count). The molecular weight excluding hydrogens is 392 g/mol. The van der Waals surface area contributed by atoms with Crippen LogP contribution < -0.4 is 5.73 Å². The number of aliphatic hydroxyl groups is 1. The third kappa shape index (κ3) is 3.99. The molecule has 0 spiro atoms. The maximum Gasteiger partial charge on any atom is 0.220 e. The molecule has 5 N–H and O–H groups in total. The molecule has 1 unspecified atom stereocenters. The molecule has 0 aliphatic heterocycles. The summed E-state index contributed by atoms with van der Waals surface area (Å²) in [7, 11) is 0. The van der Waals surface area contributed by atoms with Crippen LogP contribution in [-0.4, -0.2) is 40.2 Å². The van der Waals surface area contributed by atoms with Crippen LogP contribution in [0.2, 0.25) is 0 Å². The van der Waals surface area contributed by atoms with E-state index in [0.29, 0.717) is 17.0 Å². The summed E-state index contributed by atoms with van der Waals surface area (Å²) >= 11 is 0. The number of aliphatic hydroxyl groups excluding tert-OH is 1. The number of nitrogens with two attached hydrogens (primary N) is 1. The summed E-state index contributed by atoms with van der Waals surface area (Å²) in [5.41, 5.74) is 11.0. The van der Waals surface area contributed by atoms with Gasteiger partial charge in [-0.15, -0.1) is 0 Å². The Morgan fingerprint density at radius 3 is 2.55 bits per heavy atom. The summed E-state index contributed by atoms with van der Waals surface area (Å²) < 4.78 is 0. The van der Waals surface area contributed by atoms with Gasteiger partial charge in [0, 0.05) is 53.1 Å². The van der Waals surface area contributed by atoms with Crippen molar-refractivity contribution in [3.63, 3.8) is 0 Å². The maximum absolute atomic E-state index is 10.7. The van der Waals surface area contributed by atoms with E-state index in [2.05, 4.69) is 35.1 Å². The number of aromatic nitrogens is 7. The number of nitrogen functional groups attached to an aromatic ring is 1. The van der Waals surface area contributed by atoms with E-state index in [4.69, 9.17) is 5.73 Å². The molecule has 0 radical (unpaired) electrons. The molecule has 0 aliphatic carbocycles. The number of pyridine rings is 2. The first-order chi connectivity index (χ1) is 15.2. The second kappa shape index (κ2) is 8.72. The predicted octanol–water partition coefficient (Wildman–Crippen LogP) is 3.50. The molecular formula is C22H22N8O. The molecule has 0 amide bonds. The molecule has 9 heteroatoms. The lowest BCUT2D eigenvalue weighted by Gasteiger charge is -2.12. The van der Waals surface area contributed by atoms with Gasteiger partial charge in [0.25, 0.3) is 0 Å². The number of nitrogens with zero attached hydrogens (tertiary/aromatic N) is 5. The summed E-state index contributed by atoms with van der Waals surface area (Å²) in [6, 6.07) is 7.20. The van der Waals surface area contributed by atoms with Gasteiger partial charge in [-0.1, -0.05) is 13.8 Å². The number of hydrogen-bond donors (Lipinski definition) is 4. The fourth-order valence-corrected chi connectivity index (χ4v) is 3.26. The van der Waals surface area contributed by atoms with Crippen molar-refractivity contribution >= 4 is 17.0 Å². The molecule has 0 fully saturated rings.